The van der Waals surface area contributed by atoms with Gasteiger partial charge in [0, 0.05) is 0 Å². The van der Waals surface area contributed by atoms with Crippen LogP contribution in [0.2, 0.25) is 0 Å². The minimum Gasteiger partial charge on any atom is -0.477 e. The molecule has 8 heteroatoms. The van der Waals surface area contributed by atoms with Crippen LogP contribution in [0.5, 0.6) is 0 Å². The number of carbonyl (C=O) groups is 2. The molecule has 0 aromatic heterocycles. The summed E-state index contributed by atoms with van der Waals surface area (Å²) in [6.07, 6.45) is -4.06. The summed E-state index contributed by atoms with van der Waals surface area (Å²) in [7, 11) is 0. The van der Waals surface area contributed by atoms with Gasteiger partial charge in [0.1, 0.15) is 0 Å². The normalized spacial score (nSPS) is 16.3. The van der Waals surface area contributed by atoms with Gasteiger partial charge in [-0.2, -0.15) is 4.39 Å². The summed E-state index contributed by atoms with van der Waals surface area (Å²) >= 11 is 0. The lowest BCUT2D eigenvalue weighted by Crippen LogP contribution is -2.50. The highest BCUT2D eigenvalue weighted by atomic mass is 19.3. The summed E-state index contributed by atoms with van der Waals surface area (Å²) < 4.78 is 46.2. The first-order valence-corrected chi connectivity index (χ1v) is 4.40. The van der Waals surface area contributed by atoms with Crippen molar-refractivity contribution >= 4 is 11.8 Å². The van der Waals surface area contributed by atoms with E-state index in [0.717, 1.165) is 6.92 Å². The van der Waals surface area contributed by atoms with Crippen molar-refractivity contribution in [3.05, 3.63) is 12.7 Å². The highest BCUT2D eigenvalue weighted by Crippen LogP contribution is 2.22. The van der Waals surface area contributed by atoms with E-state index in [4.69, 9.17) is 5.11 Å². The Labute approximate surface area is 94.8 Å². The Balaban J connectivity index is 4.79. The summed E-state index contributed by atoms with van der Waals surface area (Å²) in [5.74, 6) is -9.08. The number of ketones is 1. The number of carboxylic acid groups (broad SMARTS) is 1. The van der Waals surface area contributed by atoms with E-state index < -0.39 is 30.3 Å². The van der Waals surface area contributed by atoms with Gasteiger partial charge in [-0.05, 0) is 6.92 Å². The van der Waals surface area contributed by atoms with Crippen LogP contribution in [-0.4, -0.2) is 42.0 Å². The van der Waals surface area contributed by atoms with Crippen LogP contribution >= 0.6 is 0 Å². The van der Waals surface area contributed by atoms with Crippen molar-refractivity contribution in [2.45, 2.75) is 25.5 Å². The molecule has 2 unspecified atom stereocenters. The minimum atomic E-state index is -4.13. The topological polar surface area (TPSA) is 72.8 Å². The molecule has 0 saturated heterocycles. The van der Waals surface area contributed by atoms with Crippen molar-refractivity contribution in [2.75, 3.05) is 6.61 Å². The van der Waals surface area contributed by atoms with Crippen LogP contribution in [-0.2, 0) is 19.1 Å². The maximum Gasteiger partial charge on any atom is 0.378 e. The molecule has 0 aliphatic carbocycles. The van der Waals surface area contributed by atoms with E-state index >= 15 is 0 Å². The number of carbonyl (C=O) groups excluding carboxylic acids is 1. The molecule has 17 heavy (non-hydrogen) atoms. The largest absolute Gasteiger partial charge is 0.477 e. The quantitative estimate of drug-likeness (QED) is 0.400. The highest BCUT2D eigenvalue weighted by molar-refractivity contribution is 6.06. The summed E-state index contributed by atoms with van der Waals surface area (Å²) in [5, 5.41) is 8.40. The molecular formula is C9H11F3O5. The molecule has 0 aliphatic heterocycles. The number of carboxylic acids is 1. The number of alkyl halides is 3. The molecule has 5 nitrogen and oxygen atoms in total. The molecule has 0 aliphatic rings. The van der Waals surface area contributed by atoms with Crippen LogP contribution in [0.3, 0.4) is 0 Å². The van der Waals surface area contributed by atoms with Crippen LogP contribution in [0.25, 0.3) is 0 Å². The zero-order chi connectivity index (χ0) is 13.6. The monoisotopic (exact) mass is 256 g/mol. The average Bonchev–Trinajstić information content (AvgIpc) is 2.24. The van der Waals surface area contributed by atoms with Crippen LogP contribution in [0.15, 0.2) is 12.7 Å². The molecule has 0 rings (SSSR count). The third-order valence-electron chi connectivity index (χ3n) is 1.57. The number of hydrogen-bond acceptors (Lipinski definition) is 4. The Kier molecular flexibility index (Phi) is 5.83. The molecule has 0 spiro atoms. The van der Waals surface area contributed by atoms with Gasteiger partial charge in [-0.1, -0.05) is 6.08 Å². The minimum absolute atomic E-state index is 0.125. The first-order chi connectivity index (χ1) is 7.75. The summed E-state index contributed by atoms with van der Waals surface area (Å²) in [6, 6.07) is 0. The van der Waals surface area contributed by atoms with E-state index in [-0.39, 0.29) is 6.61 Å². The Morgan fingerprint density at radius 3 is 2.41 bits per heavy atom. The summed E-state index contributed by atoms with van der Waals surface area (Å²) in [5.41, 5.74) is 0. The molecule has 98 valence electrons. The number of rotatable bonds is 8. The zero-order valence-corrected chi connectivity index (χ0v) is 8.86. The summed E-state index contributed by atoms with van der Waals surface area (Å²) in [6.45, 7) is 4.18. The van der Waals surface area contributed by atoms with E-state index in [1.165, 1.54) is 6.08 Å². The molecule has 0 saturated carbocycles. The van der Waals surface area contributed by atoms with Gasteiger partial charge >= 0.3 is 18.2 Å². The van der Waals surface area contributed by atoms with E-state index in [9.17, 15) is 22.8 Å². The lowest BCUT2D eigenvalue weighted by atomic mass is 10.2. The molecule has 0 heterocycles. The maximum atomic E-state index is 13.5. The SMILES string of the molecule is C=CCOC(C)OC(F)(C(=O)O)C(=O)C(F)F. The Morgan fingerprint density at radius 2 is 2.06 bits per heavy atom. The third kappa shape index (κ3) is 4.16. The van der Waals surface area contributed by atoms with Crippen molar-refractivity contribution in [1.29, 1.82) is 0 Å². The molecule has 1 N–H and O–H groups in total. The average molecular weight is 256 g/mol. The number of hydrogen-bond donors (Lipinski definition) is 1. The van der Waals surface area contributed by atoms with E-state index in [2.05, 4.69) is 16.1 Å². The summed E-state index contributed by atoms with van der Waals surface area (Å²) in [4.78, 5) is 21.2. The van der Waals surface area contributed by atoms with Crippen molar-refractivity contribution in [2.24, 2.45) is 0 Å². The fraction of sp³-hybridized carbons (Fsp3) is 0.556. The first kappa shape index (κ1) is 15.6. The van der Waals surface area contributed by atoms with Gasteiger partial charge in [-0.3, -0.25) is 4.79 Å². The van der Waals surface area contributed by atoms with E-state index in [1.807, 2.05) is 0 Å². The van der Waals surface area contributed by atoms with E-state index in [1.54, 1.807) is 0 Å². The van der Waals surface area contributed by atoms with Crippen molar-refractivity contribution < 1.29 is 37.3 Å². The molecule has 0 bridgehead atoms. The number of Topliss-reactive ketones (excluding diaryl/α,β-unsaturated/α-hetero) is 1. The predicted octanol–water partition coefficient (Wildman–Crippen LogP) is 1.14. The Morgan fingerprint density at radius 1 is 1.53 bits per heavy atom. The molecule has 0 fully saturated rings. The van der Waals surface area contributed by atoms with Gasteiger partial charge in [0.15, 0.2) is 6.29 Å². The van der Waals surface area contributed by atoms with Gasteiger partial charge < -0.3 is 14.6 Å². The highest BCUT2D eigenvalue weighted by Gasteiger charge is 2.53. The first-order valence-electron chi connectivity index (χ1n) is 4.40. The van der Waals surface area contributed by atoms with Crippen LogP contribution in [0.4, 0.5) is 13.2 Å². The molecule has 2 atom stereocenters. The van der Waals surface area contributed by atoms with Crippen LogP contribution < -0.4 is 0 Å². The molecule has 0 aromatic rings. The molecule has 0 aromatic carbocycles. The second kappa shape index (κ2) is 6.36. The molecular weight excluding hydrogens is 245 g/mol. The second-order valence-corrected chi connectivity index (χ2v) is 2.87. The maximum absolute atomic E-state index is 13.5. The van der Waals surface area contributed by atoms with Crippen LogP contribution in [0.1, 0.15) is 6.92 Å². The lowest BCUT2D eigenvalue weighted by molar-refractivity contribution is -0.248. The second-order valence-electron chi connectivity index (χ2n) is 2.87. The van der Waals surface area contributed by atoms with Gasteiger partial charge in [0.2, 0.25) is 0 Å². The fourth-order valence-electron chi connectivity index (χ4n) is 0.820. The molecule has 0 amide bonds. The number of ether oxygens (including phenoxy) is 2. The van der Waals surface area contributed by atoms with Crippen LogP contribution in [0, 0.1) is 0 Å². The van der Waals surface area contributed by atoms with Gasteiger partial charge in [0.25, 0.3) is 5.78 Å². The van der Waals surface area contributed by atoms with Crippen molar-refractivity contribution in [3.63, 3.8) is 0 Å². The third-order valence-corrected chi connectivity index (χ3v) is 1.57. The lowest BCUT2D eigenvalue weighted by Gasteiger charge is -2.23. The van der Waals surface area contributed by atoms with Gasteiger partial charge in [-0.25, -0.2) is 13.6 Å². The fourth-order valence-corrected chi connectivity index (χ4v) is 0.820. The van der Waals surface area contributed by atoms with Crippen molar-refractivity contribution in [1.82, 2.24) is 0 Å². The predicted molar refractivity (Wildman–Crippen MR) is 49.2 cm³/mol. The number of aliphatic carboxylic acids is 1. The number of halogens is 3. The Hall–Kier alpha value is -1.41. The zero-order valence-electron chi connectivity index (χ0n) is 8.86. The Bertz CT molecular complexity index is 307. The standard InChI is InChI=1S/C9H11F3O5/c1-3-4-16-5(2)17-9(12,8(14)15)6(13)7(10)11/h3,5,7H,1,4H2,2H3,(H,14,15). The smallest absolute Gasteiger partial charge is 0.378 e. The van der Waals surface area contributed by atoms with E-state index in [0.29, 0.717) is 0 Å². The van der Waals surface area contributed by atoms with Gasteiger partial charge in [0.05, 0.1) is 6.61 Å². The van der Waals surface area contributed by atoms with Gasteiger partial charge in [-0.15, -0.1) is 6.58 Å². The molecule has 0 radical (unpaired) electrons. The van der Waals surface area contributed by atoms with Crippen molar-refractivity contribution in [3.8, 4) is 0 Å².